The van der Waals surface area contributed by atoms with Gasteiger partial charge in [-0.1, -0.05) is 30.3 Å². The molecule has 2 aromatic carbocycles. The highest BCUT2D eigenvalue weighted by Gasteiger charge is 2.29. The van der Waals surface area contributed by atoms with Crippen molar-refractivity contribution in [3.05, 3.63) is 66.0 Å². The van der Waals surface area contributed by atoms with Gasteiger partial charge in [-0.3, -0.25) is 4.79 Å². The quantitative estimate of drug-likeness (QED) is 0.835. The van der Waals surface area contributed by atoms with E-state index in [1.165, 1.54) is 16.4 Å². The summed E-state index contributed by atoms with van der Waals surface area (Å²) in [7, 11) is -3.53. The van der Waals surface area contributed by atoms with Crippen molar-refractivity contribution in [2.45, 2.75) is 11.3 Å². The number of amides is 1. The number of carbonyl (C=O) groups is 1. The van der Waals surface area contributed by atoms with Crippen molar-refractivity contribution in [1.82, 2.24) is 9.21 Å². The number of carbonyl (C=O) groups excluding carboxylic acids is 1. The van der Waals surface area contributed by atoms with Crippen LogP contribution in [0.4, 0.5) is 4.39 Å². The summed E-state index contributed by atoms with van der Waals surface area (Å²) in [4.78, 5) is 14.2. The first-order chi connectivity index (χ1) is 12.0. The summed E-state index contributed by atoms with van der Waals surface area (Å²) in [6, 6.07) is 14.2. The zero-order valence-corrected chi connectivity index (χ0v) is 14.5. The molecule has 132 valence electrons. The average Bonchev–Trinajstić information content (AvgIpc) is 2.62. The van der Waals surface area contributed by atoms with E-state index in [1.807, 2.05) is 0 Å². The van der Waals surface area contributed by atoms with E-state index in [1.54, 1.807) is 47.4 Å². The van der Waals surface area contributed by atoms with Gasteiger partial charge in [0, 0.05) is 26.2 Å². The molecule has 0 bridgehead atoms. The Balaban J connectivity index is 1.61. The average molecular weight is 362 g/mol. The molecule has 0 atom stereocenters. The molecular weight excluding hydrogens is 343 g/mol. The largest absolute Gasteiger partial charge is 0.340 e. The standard InChI is InChI=1S/C18H19FN2O3S/c19-16-6-4-5-15(13-16)14-18(22)20-9-11-21(12-10-20)25(23,24)17-7-2-1-3-8-17/h1-8,13H,9-12,14H2. The van der Waals surface area contributed by atoms with Gasteiger partial charge in [0.25, 0.3) is 0 Å². The Morgan fingerprint density at radius 3 is 2.28 bits per heavy atom. The maximum absolute atomic E-state index is 13.2. The van der Waals surface area contributed by atoms with Crippen LogP contribution in [0.2, 0.25) is 0 Å². The van der Waals surface area contributed by atoms with Gasteiger partial charge in [-0.15, -0.1) is 0 Å². The molecular formula is C18H19FN2O3S. The fourth-order valence-electron chi connectivity index (χ4n) is 2.85. The number of piperazine rings is 1. The van der Waals surface area contributed by atoms with Crippen LogP contribution in [0.15, 0.2) is 59.5 Å². The number of halogens is 1. The van der Waals surface area contributed by atoms with E-state index < -0.39 is 10.0 Å². The molecule has 2 aromatic rings. The predicted octanol–water partition coefficient (Wildman–Crippen LogP) is 1.90. The van der Waals surface area contributed by atoms with Crippen molar-refractivity contribution < 1.29 is 17.6 Å². The predicted molar refractivity (Wildman–Crippen MR) is 91.9 cm³/mol. The molecule has 0 aliphatic carbocycles. The van der Waals surface area contributed by atoms with Gasteiger partial charge < -0.3 is 4.90 Å². The van der Waals surface area contributed by atoms with Crippen LogP contribution in [-0.2, 0) is 21.2 Å². The number of nitrogens with zero attached hydrogens (tertiary/aromatic N) is 2. The van der Waals surface area contributed by atoms with Crippen molar-refractivity contribution in [2.24, 2.45) is 0 Å². The van der Waals surface area contributed by atoms with Crippen LogP contribution in [0, 0.1) is 5.82 Å². The van der Waals surface area contributed by atoms with Crippen LogP contribution in [0.25, 0.3) is 0 Å². The fourth-order valence-corrected chi connectivity index (χ4v) is 4.30. The lowest BCUT2D eigenvalue weighted by atomic mass is 10.1. The van der Waals surface area contributed by atoms with E-state index in [-0.39, 0.29) is 36.1 Å². The molecule has 3 rings (SSSR count). The summed E-state index contributed by atoms with van der Waals surface area (Å²) in [6.07, 6.45) is 0.114. The van der Waals surface area contributed by atoms with Crippen LogP contribution in [0.3, 0.4) is 0 Å². The van der Waals surface area contributed by atoms with E-state index in [4.69, 9.17) is 0 Å². The zero-order valence-electron chi connectivity index (χ0n) is 13.6. The molecule has 1 heterocycles. The van der Waals surface area contributed by atoms with Crippen LogP contribution < -0.4 is 0 Å². The van der Waals surface area contributed by atoms with Gasteiger partial charge in [0.1, 0.15) is 5.82 Å². The van der Waals surface area contributed by atoms with Gasteiger partial charge >= 0.3 is 0 Å². The van der Waals surface area contributed by atoms with Gasteiger partial charge in [0.05, 0.1) is 11.3 Å². The topological polar surface area (TPSA) is 57.7 Å². The molecule has 5 nitrogen and oxygen atoms in total. The number of sulfonamides is 1. The Kier molecular flexibility index (Phi) is 5.15. The lowest BCUT2D eigenvalue weighted by Crippen LogP contribution is -2.50. The van der Waals surface area contributed by atoms with Crippen molar-refractivity contribution in [3.63, 3.8) is 0 Å². The van der Waals surface area contributed by atoms with Crippen molar-refractivity contribution >= 4 is 15.9 Å². The first-order valence-corrected chi connectivity index (χ1v) is 9.48. The van der Waals surface area contributed by atoms with E-state index in [0.717, 1.165) is 0 Å². The van der Waals surface area contributed by atoms with E-state index >= 15 is 0 Å². The van der Waals surface area contributed by atoms with Gasteiger partial charge in [-0.25, -0.2) is 12.8 Å². The van der Waals surface area contributed by atoms with E-state index in [9.17, 15) is 17.6 Å². The Morgan fingerprint density at radius 1 is 0.960 bits per heavy atom. The van der Waals surface area contributed by atoms with E-state index in [0.29, 0.717) is 18.7 Å². The minimum absolute atomic E-state index is 0.114. The first-order valence-electron chi connectivity index (χ1n) is 8.04. The molecule has 0 aromatic heterocycles. The summed E-state index contributed by atoms with van der Waals surface area (Å²) >= 11 is 0. The highest BCUT2D eigenvalue weighted by molar-refractivity contribution is 7.89. The van der Waals surface area contributed by atoms with Gasteiger partial charge in [0.15, 0.2) is 0 Å². The molecule has 7 heteroatoms. The molecule has 1 fully saturated rings. The molecule has 0 radical (unpaired) electrons. The third-order valence-electron chi connectivity index (χ3n) is 4.22. The highest BCUT2D eigenvalue weighted by Crippen LogP contribution is 2.17. The zero-order chi connectivity index (χ0) is 17.9. The van der Waals surface area contributed by atoms with Crippen LogP contribution >= 0.6 is 0 Å². The van der Waals surface area contributed by atoms with Crippen LogP contribution in [0.5, 0.6) is 0 Å². The Hall–Kier alpha value is -2.25. The number of hydrogen-bond acceptors (Lipinski definition) is 3. The summed E-state index contributed by atoms with van der Waals surface area (Å²) in [5.74, 6) is -0.494. The highest BCUT2D eigenvalue weighted by atomic mass is 32.2. The normalized spacial score (nSPS) is 16.0. The second-order valence-electron chi connectivity index (χ2n) is 5.90. The number of hydrogen-bond donors (Lipinski definition) is 0. The minimum Gasteiger partial charge on any atom is -0.340 e. The van der Waals surface area contributed by atoms with Crippen molar-refractivity contribution in [2.75, 3.05) is 26.2 Å². The SMILES string of the molecule is O=C(Cc1cccc(F)c1)N1CCN(S(=O)(=O)c2ccccc2)CC1. The monoisotopic (exact) mass is 362 g/mol. The molecule has 1 amide bonds. The Labute approximate surface area is 146 Å². The summed E-state index contributed by atoms with van der Waals surface area (Å²) in [5.41, 5.74) is 0.615. The Morgan fingerprint density at radius 2 is 1.64 bits per heavy atom. The number of rotatable bonds is 4. The lowest BCUT2D eigenvalue weighted by molar-refractivity contribution is -0.131. The summed E-state index contributed by atoms with van der Waals surface area (Å²) in [6.45, 7) is 1.18. The lowest BCUT2D eigenvalue weighted by Gasteiger charge is -2.34. The van der Waals surface area contributed by atoms with Crippen molar-refractivity contribution in [1.29, 1.82) is 0 Å². The van der Waals surface area contributed by atoms with Crippen LogP contribution in [-0.4, -0.2) is 49.7 Å². The molecule has 1 aliphatic rings. The third kappa shape index (κ3) is 4.05. The molecule has 25 heavy (non-hydrogen) atoms. The van der Waals surface area contributed by atoms with Crippen LogP contribution in [0.1, 0.15) is 5.56 Å². The van der Waals surface area contributed by atoms with Gasteiger partial charge in [0.2, 0.25) is 15.9 Å². The molecule has 0 spiro atoms. The maximum atomic E-state index is 13.2. The molecule has 1 saturated heterocycles. The first kappa shape index (κ1) is 17.6. The molecule has 0 N–H and O–H groups in total. The smallest absolute Gasteiger partial charge is 0.243 e. The van der Waals surface area contributed by atoms with E-state index in [2.05, 4.69) is 0 Å². The summed E-state index contributed by atoms with van der Waals surface area (Å²) in [5, 5.41) is 0. The van der Waals surface area contributed by atoms with Gasteiger partial charge in [-0.05, 0) is 29.8 Å². The van der Waals surface area contributed by atoms with Gasteiger partial charge in [-0.2, -0.15) is 4.31 Å². The van der Waals surface area contributed by atoms with Crippen molar-refractivity contribution in [3.8, 4) is 0 Å². The fraction of sp³-hybridized carbons (Fsp3) is 0.278. The third-order valence-corrected chi connectivity index (χ3v) is 6.13. The maximum Gasteiger partial charge on any atom is 0.243 e. The minimum atomic E-state index is -3.53. The Bertz CT molecular complexity index is 848. The number of benzene rings is 2. The molecule has 1 aliphatic heterocycles. The molecule has 0 unspecified atom stereocenters. The summed E-state index contributed by atoms with van der Waals surface area (Å²) < 4.78 is 39.7. The second kappa shape index (κ2) is 7.33. The second-order valence-corrected chi connectivity index (χ2v) is 7.84. The molecule has 0 saturated carbocycles.